The number of amides is 2. The van der Waals surface area contributed by atoms with Gasteiger partial charge in [-0.3, -0.25) is 13.9 Å². The molecule has 0 aliphatic heterocycles. The normalized spacial score (nSPS) is 12.0. The molecule has 4 aromatic carbocycles. The summed E-state index contributed by atoms with van der Waals surface area (Å²) in [6.07, 6.45) is 0.194. The second-order valence-corrected chi connectivity index (χ2v) is 14.0. The van der Waals surface area contributed by atoms with Crippen molar-refractivity contribution in [1.82, 2.24) is 10.2 Å². The lowest BCUT2D eigenvalue weighted by atomic mass is 10.0. The summed E-state index contributed by atoms with van der Waals surface area (Å²) < 4.78 is 29.1. The molecule has 0 aliphatic carbocycles. The van der Waals surface area contributed by atoms with Crippen molar-refractivity contribution in [2.24, 2.45) is 5.92 Å². The van der Waals surface area contributed by atoms with Crippen LogP contribution in [0, 0.1) is 5.92 Å². The second kappa shape index (κ2) is 15.6. The molecule has 0 spiro atoms. The van der Waals surface area contributed by atoms with E-state index in [1.165, 1.54) is 35.2 Å². The average Bonchev–Trinajstić information content (AvgIpc) is 3.03. The molecule has 1 atom stereocenters. The molecule has 0 aliphatic rings. The maximum absolute atomic E-state index is 14.5. The number of hydrogen-bond acceptors (Lipinski definition) is 4. The van der Waals surface area contributed by atoms with Crippen molar-refractivity contribution in [3.8, 4) is 0 Å². The van der Waals surface area contributed by atoms with Crippen LogP contribution in [0.5, 0.6) is 0 Å². The van der Waals surface area contributed by atoms with Crippen molar-refractivity contribution < 1.29 is 18.0 Å². The largest absolute Gasteiger partial charge is 0.354 e. The fourth-order valence-electron chi connectivity index (χ4n) is 4.68. The Morgan fingerprint density at radius 3 is 2.02 bits per heavy atom. The summed E-state index contributed by atoms with van der Waals surface area (Å²) in [7, 11) is -4.26. The summed E-state index contributed by atoms with van der Waals surface area (Å²) in [4.78, 5) is 29.7. The molecule has 0 saturated heterocycles. The molecule has 2 amide bonds. The Labute approximate surface area is 279 Å². The molecule has 7 nitrogen and oxygen atoms in total. The van der Waals surface area contributed by atoms with Gasteiger partial charge in [-0.2, -0.15) is 0 Å². The minimum Gasteiger partial charge on any atom is -0.354 e. The molecule has 0 fully saturated rings. The SMILES string of the molecule is CC(C)CNC(=O)C(Cc1ccccc1)N(Cc1ccccc1Cl)C(=O)CN(c1ccc(Cl)c(Cl)c1)S(=O)(=O)c1ccccc1. The Kier molecular flexibility index (Phi) is 11.9. The van der Waals surface area contributed by atoms with Crippen molar-refractivity contribution in [3.05, 3.63) is 129 Å². The highest BCUT2D eigenvalue weighted by atomic mass is 35.5. The monoisotopic (exact) mass is 685 g/mol. The number of nitrogens with zero attached hydrogens (tertiary/aromatic N) is 2. The predicted molar refractivity (Wildman–Crippen MR) is 181 cm³/mol. The van der Waals surface area contributed by atoms with Crippen LogP contribution < -0.4 is 9.62 Å². The van der Waals surface area contributed by atoms with E-state index in [1.807, 2.05) is 44.2 Å². The molecule has 1 N–H and O–H groups in total. The highest BCUT2D eigenvalue weighted by Gasteiger charge is 2.35. The molecular weight excluding hydrogens is 653 g/mol. The molecule has 4 rings (SSSR count). The quantitative estimate of drug-likeness (QED) is 0.161. The number of benzene rings is 4. The zero-order chi connectivity index (χ0) is 32.6. The van der Waals surface area contributed by atoms with Crippen molar-refractivity contribution in [2.75, 3.05) is 17.4 Å². The number of hydrogen-bond donors (Lipinski definition) is 1. The molecule has 236 valence electrons. The summed E-state index contributed by atoms with van der Waals surface area (Å²) in [6.45, 7) is 3.69. The van der Waals surface area contributed by atoms with E-state index in [0.29, 0.717) is 17.1 Å². The number of anilines is 1. The van der Waals surface area contributed by atoms with Crippen LogP contribution >= 0.6 is 34.8 Å². The number of sulfonamides is 1. The van der Waals surface area contributed by atoms with Gasteiger partial charge in [-0.15, -0.1) is 0 Å². The van der Waals surface area contributed by atoms with Crippen LogP contribution in [0.3, 0.4) is 0 Å². The number of carbonyl (C=O) groups excluding carboxylic acids is 2. The minimum absolute atomic E-state index is 0.0166. The van der Waals surface area contributed by atoms with Crippen molar-refractivity contribution in [1.29, 1.82) is 0 Å². The fourth-order valence-corrected chi connectivity index (χ4v) is 6.59. The van der Waals surface area contributed by atoms with Gasteiger partial charge >= 0.3 is 0 Å². The summed E-state index contributed by atoms with van der Waals surface area (Å²) in [5.41, 5.74) is 1.58. The average molecular weight is 687 g/mol. The molecule has 1 unspecified atom stereocenters. The summed E-state index contributed by atoms with van der Waals surface area (Å²) in [5.74, 6) is -0.804. The lowest BCUT2D eigenvalue weighted by Crippen LogP contribution is -2.53. The Bertz CT molecular complexity index is 1720. The lowest BCUT2D eigenvalue weighted by molar-refractivity contribution is -0.140. The topological polar surface area (TPSA) is 86.8 Å². The van der Waals surface area contributed by atoms with E-state index in [9.17, 15) is 18.0 Å². The zero-order valence-electron chi connectivity index (χ0n) is 24.9. The Morgan fingerprint density at radius 1 is 0.778 bits per heavy atom. The van der Waals surface area contributed by atoms with Crippen LogP contribution in [-0.2, 0) is 32.6 Å². The first kappa shape index (κ1) is 34.3. The van der Waals surface area contributed by atoms with Gasteiger partial charge in [0.1, 0.15) is 12.6 Å². The van der Waals surface area contributed by atoms with Crippen molar-refractivity contribution in [2.45, 2.75) is 37.8 Å². The van der Waals surface area contributed by atoms with Gasteiger partial charge in [0, 0.05) is 24.5 Å². The molecule has 0 heterocycles. The third-order valence-electron chi connectivity index (χ3n) is 7.06. The van der Waals surface area contributed by atoms with Gasteiger partial charge in [-0.1, -0.05) is 115 Å². The van der Waals surface area contributed by atoms with E-state index in [-0.39, 0.29) is 45.4 Å². The van der Waals surface area contributed by atoms with Gasteiger partial charge in [-0.05, 0) is 53.4 Å². The number of rotatable bonds is 13. The van der Waals surface area contributed by atoms with Crippen molar-refractivity contribution in [3.63, 3.8) is 0 Å². The van der Waals surface area contributed by atoms with E-state index >= 15 is 0 Å². The van der Waals surface area contributed by atoms with Crippen LogP contribution in [-0.4, -0.2) is 44.3 Å². The first-order valence-corrected chi connectivity index (χ1v) is 16.9. The van der Waals surface area contributed by atoms with E-state index in [2.05, 4.69) is 5.32 Å². The molecule has 45 heavy (non-hydrogen) atoms. The van der Waals surface area contributed by atoms with Crippen LogP contribution in [0.1, 0.15) is 25.0 Å². The smallest absolute Gasteiger partial charge is 0.264 e. The molecule has 0 aromatic heterocycles. The van der Waals surface area contributed by atoms with E-state index in [4.69, 9.17) is 34.8 Å². The first-order valence-electron chi connectivity index (χ1n) is 14.3. The Morgan fingerprint density at radius 2 is 1.40 bits per heavy atom. The third kappa shape index (κ3) is 9.01. The molecular formula is C34H34Cl3N3O4S. The van der Waals surface area contributed by atoms with Gasteiger partial charge in [0.2, 0.25) is 11.8 Å². The van der Waals surface area contributed by atoms with Crippen LogP contribution in [0.25, 0.3) is 0 Å². The Hall–Kier alpha value is -3.56. The van der Waals surface area contributed by atoms with E-state index in [1.54, 1.807) is 42.5 Å². The number of nitrogens with one attached hydrogen (secondary N) is 1. The van der Waals surface area contributed by atoms with Gasteiger partial charge < -0.3 is 10.2 Å². The predicted octanol–water partition coefficient (Wildman–Crippen LogP) is 7.25. The first-order chi connectivity index (χ1) is 21.5. The molecule has 0 radical (unpaired) electrons. The number of halogens is 3. The molecule has 0 bridgehead atoms. The third-order valence-corrected chi connectivity index (χ3v) is 9.95. The standard InChI is InChI=1S/C34H34Cl3N3O4S/c1-24(2)21-38-34(42)32(19-25-11-5-3-6-12-25)39(22-26-13-9-10-16-29(26)35)33(41)23-40(27-17-18-30(36)31(37)20-27)45(43,44)28-14-7-4-8-15-28/h3-18,20,24,32H,19,21-23H2,1-2H3,(H,38,42). The zero-order valence-corrected chi connectivity index (χ0v) is 28.0. The summed E-state index contributed by atoms with van der Waals surface area (Å²) in [5, 5.41) is 3.73. The number of carbonyl (C=O) groups is 2. The maximum atomic E-state index is 14.5. The molecule has 4 aromatic rings. The van der Waals surface area contributed by atoms with Crippen LogP contribution in [0.4, 0.5) is 5.69 Å². The van der Waals surface area contributed by atoms with E-state index in [0.717, 1.165) is 9.87 Å². The van der Waals surface area contributed by atoms with Gasteiger partial charge in [0.05, 0.1) is 20.6 Å². The van der Waals surface area contributed by atoms with E-state index < -0.39 is 28.5 Å². The lowest BCUT2D eigenvalue weighted by Gasteiger charge is -2.34. The maximum Gasteiger partial charge on any atom is 0.264 e. The van der Waals surface area contributed by atoms with Gasteiger partial charge in [-0.25, -0.2) is 8.42 Å². The highest BCUT2D eigenvalue weighted by Crippen LogP contribution is 2.31. The molecule has 0 saturated carbocycles. The fraction of sp³-hybridized carbons (Fsp3) is 0.235. The van der Waals surface area contributed by atoms with Crippen LogP contribution in [0.15, 0.2) is 108 Å². The van der Waals surface area contributed by atoms with Gasteiger partial charge in [0.25, 0.3) is 10.0 Å². The minimum atomic E-state index is -4.26. The highest BCUT2D eigenvalue weighted by molar-refractivity contribution is 7.92. The summed E-state index contributed by atoms with van der Waals surface area (Å²) >= 11 is 19.0. The summed E-state index contributed by atoms with van der Waals surface area (Å²) in [6, 6.07) is 27.5. The van der Waals surface area contributed by atoms with Gasteiger partial charge in [0.15, 0.2) is 0 Å². The second-order valence-electron chi connectivity index (χ2n) is 10.9. The molecule has 11 heteroatoms. The van der Waals surface area contributed by atoms with Crippen molar-refractivity contribution >= 4 is 62.3 Å². The Balaban J connectivity index is 1.82. The van der Waals surface area contributed by atoms with Crippen LogP contribution in [0.2, 0.25) is 15.1 Å².